The van der Waals surface area contributed by atoms with Crippen molar-refractivity contribution in [1.29, 1.82) is 0 Å². The molecule has 0 aliphatic heterocycles. The lowest BCUT2D eigenvalue weighted by Gasteiger charge is -2.35. The second-order valence-electron chi connectivity index (χ2n) is 7.67. The summed E-state index contributed by atoms with van der Waals surface area (Å²) in [6, 6.07) is 10.5. The van der Waals surface area contributed by atoms with E-state index in [9.17, 15) is 18.0 Å². The minimum atomic E-state index is -4.40. The fourth-order valence-corrected chi connectivity index (χ4v) is 4.88. The summed E-state index contributed by atoms with van der Waals surface area (Å²) in [6.07, 6.45) is -1.25. The number of rotatable bonds is 4. The van der Waals surface area contributed by atoms with E-state index in [1.54, 1.807) is 0 Å². The Labute approximate surface area is 161 Å². The van der Waals surface area contributed by atoms with Gasteiger partial charge >= 0.3 is 6.18 Å². The molecule has 3 unspecified atom stereocenters. The van der Waals surface area contributed by atoms with Gasteiger partial charge in [-0.25, -0.2) is 0 Å². The fourth-order valence-electron chi connectivity index (χ4n) is 4.88. The number of aldehydes is 1. The monoisotopic (exact) mass is 388 g/mol. The normalized spacial score (nSPS) is 22.4. The number of fused-ring (bicyclic) bond motifs is 3. The van der Waals surface area contributed by atoms with E-state index in [-0.39, 0.29) is 18.4 Å². The van der Waals surface area contributed by atoms with Gasteiger partial charge in [0.2, 0.25) is 0 Å². The van der Waals surface area contributed by atoms with Gasteiger partial charge in [0.1, 0.15) is 12.0 Å². The number of hydrogen-bond acceptors (Lipinski definition) is 1. The quantitative estimate of drug-likeness (QED) is 0.559. The van der Waals surface area contributed by atoms with Crippen molar-refractivity contribution >= 4 is 17.2 Å². The van der Waals surface area contributed by atoms with Crippen LogP contribution in [0.3, 0.4) is 0 Å². The lowest BCUT2D eigenvalue weighted by molar-refractivity contribution is -0.144. The highest BCUT2D eigenvalue weighted by Crippen LogP contribution is 2.45. The average molecular weight is 388 g/mol. The highest BCUT2D eigenvalue weighted by molar-refractivity contribution is 5.89. The van der Waals surface area contributed by atoms with Crippen LogP contribution in [0.4, 0.5) is 13.2 Å². The number of benzene rings is 1. The highest BCUT2D eigenvalue weighted by atomic mass is 19.4. The molecule has 3 aromatic rings. The molecule has 1 aliphatic carbocycles. The number of carbonyl (C=O) groups is 1. The summed E-state index contributed by atoms with van der Waals surface area (Å²) < 4.78 is 43.4. The minimum absolute atomic E-state index is 0.0980. The van der Waals surface area contributed by atoms with Crippen molar-refractivity contribution in [2.75, 3.05) is 0 Å². The third kappa shape index (κ3) is 2.86. The number of aromatic nitrogens is 2. The van der Waals surface area contributed by atoms with E-state index in [0.717, 1.165) is 47.5 Å². The predicted octanol–water partition coefficient (Wildman–Crippen LogP) is 5.27. The Morgan fingerprint density at radius 3 is 2.61 bits per heavy atom. The Kier molecular flexibility index (Phi) is 4.60. The van der Waals surface area contributed by atoms with Crippen LogP contribution < -0.4 is 0 Å². The van der Waals surface area contributed by atoms with Gasteiger partial charge in [-0.3, -0.25) is 0 Å². The van der Waals surface area contributed by atoms with Crippen molar-refractivity contribution in [1.82, 2.24) is 9.13 Å². The molecule has 2 aromatic heterocycles. The van der Waals surface area contributed by atoms with Crippen LogP contribution in [-0.2, 0) is 30.5 Å². The summed E-state index contributed by atoms with van der Waals surface area (Å²) in [5.41, 5.74) is 2.57. The van der Waals surface area contributed by atoms with Gasteiger partial charge in [0, 0.05) is 41.8 Å². The van der Waals surface area contributed by atoms with Crippen LogP contribution in [0.2, 0.25) is 0 Å². The summed E-state index contributed by atoms with van der Waals surface area (Å²) in [5.74, 6) is -0.504. The maximum atomic E-state index is 13.3. The molecule has 0 saturated heterocycles. The number of halogens is 3. The lowest BCUT2D eigenvalue weighted by atomic mass is 9.71. The summed E-state index contributed by atoms with van der Waals surface area (Å²) in [6.45, 7) is 5.10. The van der Waals surface area contributed by atoms with Gasteiger partial charge in [-0.2, -0.15) is 13.2 Å². The summed E-state index contributed by atoms with van der Waals surface area (Å²) in [4.78, 5) is 12.2. The van der Waals surface area contributed by atoms with Gasteiger partial charge in [0.15, 0.2) is 0 Å². The maximum Gasteiger partial charge on any atom is 0.431 e. The van der Waals surface area contributed by atoms with Crippen molar-refractivity contribution in [3.8, 4) is 0 Å². The van der Waals surface area contributed by atoms with E-state index < -0.39 is 17.8 Å². The second-order valence-corrected chi connectivity index (χ2v) is 7.67. The Bertz CT molecular complexity index is 1010. The van der Waals surface area contributed by atoms with E-state index >= 15 is 0 Å². The number of nitrogens with zero attached hydrogens (tertiary/aromatic N) is 2. The van der Waals surface area contributed by atoms with Gasteiger partial charge in [-0.05, 0) is 48.9 Å². The first-order valence-corrected chi connectivity index (χ1v) is 9.64. The fraction of sp³-hybridized carbons (Fsp3) is 0.409. The molecule has 4 rings (SSSR count). The van der Waals surface area contributed by atoms with E-state index in [1.165, 1.54) is 16.8 Å². The van der Waals surface area contributed by atoms with Crippen LogP contribution in [0.5, 0.6) is 0 Å². The molecule has 1 aromatic carbocycles. The van der Waals surface area contributed by atoms with Crippen LogP contribution in [-0.4, -0.2) is 15.4 Å². The van der Waals surface area contributed by atoms with Crippen molar-refractivity contribution < 1.29 is 18.0 Å². The van der Waals surface area contributed by atoms with Crippen molar-refractivity contribution in [3.05, 3.63) is 59.5 Å². The van der Waals surface area contributed by atoms with E-state index in [2.05, 4.69) is 11.5 Å². The molecular formula is C22H23F3N2O. The molecule has 28 heavy (non-hydrogen) atoms. The maximum absolute atomic E-state index is 13.3. The number of carbonyl (C=O) groups excluding carboxylic acids is 1. The first-order valence-electron chi connectivity index (χ1n) is 9.64. The Morgan fingerprint density at radius 2 is 1.93 bits per heavy atom. The van der Waals surface area contributed by atoms with E-state index in [0.29, 0.717) is 0 Å². The molecule has 3 atom stereocenters. The van der Waals surface area contributed by atoms with Gasteiger partial charge < -0.3 is 13.9 Å². The third-order valence-corrected chi connectivity index (χ3v) is 6.15. The van der Waals surface area contributed by atoms with Crippen LogP contribution in [0.15, 0.2) is 42.6 Å². The number of alkyl halides is 3. The van der Waals surface area contributed by atoms with Gasteiger partial charge in [0.25, 0.3) is 0 Å². The molecule has 148 valence electrons. The van der Waals surface area contributed by atoms with Crippen molar-refractivity contribution in [3.63, 3.8) is 0 Å². The SMILES string of the molecule is CCn1c2c(c3ccccc31)C(C=O)C(Cn1cccc1C(F)(F)F)C(C)C2. The van der Waals surface area contributed by atoms with Gasteiger partial charge in [-0.15, -0.1) is 0 Å². The molecule has 0 N–H and O–H groups in total. The molecule has 0 spiro atoms. The zero-order chi connectivity index (χ0) is 20.1. The van der Waals surface area contributed by atoms with Gasteiger partial charge in [-0.1, -0.05) is 25.1 Å². The third-order valence-electron chi connectivity index (χ3n) is 6.15. The van der Waals surface area contributed by atoms with Crippen LogP contribution in [0, 0.1) is 11.8 Å². The van der Waals surface area contributed by atoms with E-state index in [4.69, 9.17) is 0 Å². The van der Waals surface area contributed by atoms with Crippen molar-refractivity contribution in [2.45, 2.75) is 45.5 Å². The number of para-hydroxylation sites is 1. The predicted molar refractivity (Wildman–Crippen MR) is 102 cm³/mol. The Morgan fingerprint density at radius 1 is 1.18 bits per heavy atom. The lowest BCUT2D eigenvalue weighted by Crippen LogP contribution is -2.33. The highest BCUT2D eigenvalue weighted by Gasteiger charge is 2.40. The molecule has 0 amide bonds. The summed E-state index contributed by atoms with van der Waals surface area (Å²) in [7, 11) is 0. The van der Waals surface area contributed by atoms with Crippen LogP contribution in [0.1, 0.15) is 36.7 Å². The average Bonchev–Trinajstić information content (AvgIpc) is 3.24. The smallest absolute Gasteiger partial charge is 0.345 e. The van der Waals surface area contributed by atoms with E-state index in [1.807, 2.05) is 31.2 Å². The molecule has 2 heterocycles. The summed E-state index contributed by atoms with van der Waals surface area (Å²) >= 11 is 0. The molecule has 0 saturated carbocycles. The Hall–Kier alpha value is -2.50. The minimum Gasteiger partial charge on any atom is -0.345 e. The molecule has 6 heteroatoms. The molecule has 1 aliphatic rings. The zero-order valence-corrected chi connectivity index (χ0v) is 15.9. The van der Waals surface area contributed by atoms with Gasteiger partial charge in [0.05, 0.1) is 0 Å². The van der Waals surface area contributed by atoms with Crippen molar-refractivity contribution in [2.24, 2.45) is 11.8 Å². The molecule has 0 bridgehead atoms. The standard InChI is InChI=1S/C22H23F3N2O/c1-3-27-18-8-5-4-7-15(18)21-17(13-28)16(14(2)11-19(21)27)12-26-10-6-9-20(26)22(23,24)25/h4-10,13-14,16-17H,3,11-12H2,1-2H3. The first-order chi connectivity index (χ1) is 13.4. The molecule has 0 radical (unpaired) electrons. The number of hydrogen-bond donors (Lipinski definition) is 0. The van der Waals surface area contributed by atoms with Crippen LogP contribution >= 0.6 is 0 Å². The summed E-state index contributed by atoms with van der Waals surface area (Å²) in [5, 5.41) is 1.04. The molecule has 0 fully saturated rings. The molecule has 3 nitrogen and oxygen atoms in total. The second kappa shape index (κ2) is 6.83. The largest absolute Gasteiger partial charge is 0.431 e. The van der Waals surface area contributed by atoms with Crippen LogP contribution in [0.25, 0.3) is 10.9 Å². The Balaban J connectivity index is 1.81. The number of aryl methyl sites for hydroxylation is 1. The zero-order valence-electron chi connectivity index (χ0n) is 15.9. The topological polar surface area (TPSA) is 26.9 Å². The first kappa shape index (κ1) is 18.8. The molecular weight excluding hydrogens is 365 g/mol.